The molecule has 8 heteroatoms. The van der Waals surface area contributed by atoms with Crippen LogP contribution in [-0.4, -0.2) is 25.7 Å². The number of benzene rings is 1. The lowest BCUT2D eigenvalue weighted by Gasteiger charge is -2.20. The predicted octanol–water partition coefficient (Wildman–Crippen LogP) is 4.65. The fourth-order valence-electron chi connectivity index (χ4n) is 3.87. The number of hydrogen-bond donors (Lipinski definition) is 2. The molecular formula is C22H27ClN6O. The summed E-state index contributed by atoms with van der Waals surface area (Å²) in [6, 6.07) is 5.65. The van der Waals surface area contributed by atoms with Gasteiger partial charge < -0.3 is 11.1 Å². The van der Waals surface area contributed by atoms with Gasteiger partial charge in [-0.3, -0.25) is 4.79 Å². The van der Waals surface area contributed by atoms with Crippen LogP contribution in [0.2, 0.25) is 5.02 Å². The van der Waals surface area contributed by atoms with Gasteiger partial charge in [-0.2, -0.15) is 19.7 Å². The van der Waals surface area contributed by atoms with Gasteiger partial charge in [-0.15, -0.1) is 0 Å². The van der Waals surface area contributed by atoms with Gasteiger partial charge in [0.25, 0.3) is 5.95 Å². The number of fused-ring (bicyclic) bond motifs is 2. The Balaban J connectivity index is 1.86. The minimum Gasteiger partial charge on any atom is -0.383 e. The van der Waals surface area contributed by atoms with Crippen LogP contribution in [0.4, 0.5) is 11.6 Å². The lowest BCUT2D eigenvalue weighted by atomic mass is 9.82. The first-order valence-corrected chi connectivity index (χ1v) is 10.6. The van der Waals surface area contributed by atoms with E-state index in [1.54, 1.807) is 4.68 Å². The van der Waals surface area contributed by atoms with Crippen LogP contribution in [-0.2, 0) is 16.6 Å². The molecule has 0 radical (unpaired) electrons. The van der Waals surface area contributed by atoms with Gasteiger partial charge in [0.05, 0.1) is 22.2 Å². The molecule has 0 saturated carbocycles. The summed E-state index contributed by atoms with van der Waals surface area (Å²) in [6.07, 6.45) is 2.39. The van der Waals surface area contributed by atoms with Gasteiger partial charge in [-0.05, 0) is 49.8 Å². The Bertz CT molecular complexity index is 1160. The summed E-state index contributed by atoms with van der Waals surface area (Å²) in [4.78, 5) is 21.7. The van der Waals surface area contributed by atoms with E-state index in [9.17, 15) is 4.79 Å². The maximum absolute atomic E-state index is 12.5. The largest absolute Gasteiger partial charge is 0.383 e. The molecule has 1 aliphatic heterocycles. The van der Waals surface area contributed by atoms with E-state index in [1.165, 1.54) is 0 Å². The molecule has 158 valence electrons. The number of nitrogens with two attached hydrogens (primary N) is 1. The SMILES string of the molecule is CCC1(C)C(=O)Nc2nc(-n3nc(CCC(C)(C)C)c4cc(Cl)ccc43)nc(N)c21. The van der Waals surface area contributed by atoms with Crippen LogP contribution in [0.5, 0.6) is 0 Å². The lowest BCUT2D eigenvalue weighted by Crippen LogP contribution is -2.30. The van der Waals surface area contributed by atoms with Crippen molar-refractivity contribution in [2.45, 2.75) is 59.3 Å². The monoisotopic (exact) mass is 426 g/mol. The lowest BCUT2D eigenvalue weighted by molar-refractivity contribution is -0.120. The molecule has 4 rings (SSSR count). The zero-order chi connectivity index (χ0) is 21.8. The molecule has 2 aromatic heterocycles. The second-order valence-electron chi connectivity index (χ2n) is 9.35. The second kappa shape index (κ2) is 6.94. The highest BCUT2D eigenvalue weighted by molar-refractivity contribution is 6.31. The Labute approximate surface area is 181 Å². The molecule has 0 bridgehead atoms. The molecule has 0 spiro atoms. The molecule has 1 unspecified atom stereocenters. The third-order valence-corrected chi connectivity index (χ3v) is 6.17. The third-order valence-electron chi connectivity index (χ3n) is 5.94. The minimum atomic E-state index is -0.727. The molecule has 3 heterocycles. The van der Waals surface area contributed by atoms with Gasteiger partial charge in [0.15, 0.2) is 0 Å². The molecule has 7 nitrogen and oxygen atoms in total. The van der Waals surface area contributed by atoms with Gasteiger partial charge in [0.1, 0.15) is 11.6 Å². The van der Waals surface area contributed by atoms with E-state index in [0.29, 0.717) is 34.6 Å². The molecule has 1 amide bonds. The fourth-order valence-corrected chi connectivity index (χ4v) is 4.05. The summed E-state index contributed by atoms with van der Waals surface area (Å²) in [6.45, 7) is 10.4. The first-order chi connectivity index (χ1) is 14.0. The first-order valence-electron chi connectivity index (χ1n) is 10.2. The first kappa shape index (κ1) is 20.6. The number of carbonyl (C=O) groups excluding carboxylic acids is 1. The fraction of sp³-hybridized carbons (Fsp3) is 0.455. The minimum absolute atomic E-state index is 0.110. The van der Waals surface area contributed by atoms with Gasteiger partial charge in [0, 0.05) is 10.4 Å². The maximum Gasteiger partial charge on any atom is 0.255 e. The molecule has 1 aliphatic rings. The van der Waals surface area contributed by atoms with E-state index in [2.05, 4.69) is 36.1 Å². The van der Waals surface area contributed by atoms with Crippen LogP contribution in [0.25, 0.3) is 16.9 Å². The summed E-state index contributed by atoms with van der Waals surface area (Å²) in [7, 11) is 0. The molecule has 1 atom stereocenters. The number of anilines is 2. The molecule has 0 fully saturated rings. The van der Waals surface area contributed by atoms with Crippen molar-refractivity contribution in [3.05, 3.63) is 34.5 Å². The van der Waals surface area contributed by atoms with Gasteiger partial charge >= 0.3 is 0 Å². The topological polar surface area (TPSA) is 98.7 Å². The molecule has 30 heavy (non-hydrogen) atoms. The number of carbonyl (C=O) groups is 1. The van der Waals surface area contributed by atoms with Crippen LogP contribution in [0.15, 0.2) is 18.2 Å². The summed E-state index contributed by atoms with van der Waals surface area (Å²) in [5.41, 5.74) is 8.21. The van der Waals surface area contributed by atoms with Crippen molar-refractivity contribution in [2.75, 3.05) is 11.1 Å². The number of aromatic nitrogens is 4. The third kappa shape index (κ3) is 3.31. The number of nitrogen functional groups attached to an aromatic ring is 1. The molecular weight excluding hydrogens is 400 g/mol. The summed E-state index contributed by atoms with van der Waals surface area (Å²) in [5.74, 6) is 0.981. The zero-order valence-corrected chi connectivity index (χ0v) is 18.8. The van der Waals surface area contributed by atoms with E-state index >= 15 is 0 Å². The average Bonchev–Trinajstić information content (AvgIpc) is 3.14. The van der Waals surface area contributed by atoms with Crippen LogP contribution in [0.3, 0.4) is 0 Å². The van der Waals surface area contributed by atoms with Crippen LogP contribution in [0, 0.1) is 5.41 Å². The van der Waals surface area contributed by atoms with Crippen molar-refractivity contribution in [2.24, 2.45) is 5.41 Å². The number of aryl methyl sites for hydroxylation is 1. The van der Waals surface area contributed by atoms with E-state index < -0.39 is 5.41 Å². The summed E-state index contributed by atoms with van der Waals surface area (Å²) in [5, 5.41) is 9.30. The summed E-state index contributed by atoms with van der Waals surface area (Å²) >= 11 is 6.27. The Kier molecular flexibility index (Phi) is 4.77. The molecule has 3 N–H and O–H groups in total. The van der Waals surface area contributed by atoms with E-state index in [1.807, 2.05) is 32.0 Å². The molecule has 0 aliphatic carbocycles. The smallest absolute Gasteiger partial charge is 0.255 e. The number of hydrogen-bond acceptors (Lipinski definition) is 5. The highest BCUT2D eigenvalue weighted by atomic mass is 35.5. The zero-order valence-electron chi connectivity index (χ0n) is 18.0. The molecule has 1 aromatic carbocycles. The Morgan fingerprint density at radius 3 is 2.67 bits per heavy atom. The average molecular weight is 427 g/mol. The molecule has 0 saturated heterocycles. The van der Waals surface area contributed by atoms with Crippen molar-refractivity contribution in [3.8, 4) is 5.95 Å². The predicted molar refractivity (Wildman–Crippen MR) is 120 cm³/mol. The second-order valence-corrected chi connectivity index (χ2v) is 9.79. The van der Waals surface area contributed by atoms with E-state index in [-0.39, 0.29) is 11.3 Å². The van der Waals surface area contributed by atoms with Crippen LogP contribution < -0.4 is 11.1 Å². The Morgan fingerprint density at radius 2 is 2.00 bits per heavy atom. The highest BCUT2D eigenvalue weighted by Crippen LogP contribution is 2.42. The number of amides is 1. The van der Waals surface area contributed by atoms with E-state index in [4.69, 9.17) is 22.4 Å². The van der Waals surface area contributed by atoms with Crippen molar-refractivity contribution in [3.63, 3.8) is 0 Å². The van der Waals surface area contributed by atoms with Crippen molar-refractivity contribution >= 4 is 40.0 Å². The summed E-state index contributed by atoms with van der Waals surface area (Å²) < 4.78 is 1.69. The van der Waals surface area contributed by atoms with Crippen molar-refractivity contribution < 1.29 is 4.79 Å². The van der Waals surface area contributed by atoms with Crippen molar-refractivity contribution in [1.82, 2.24) is 19.7 Å². The van der Waals surface area contributed by atoms with Gasteiger partial charge in [-0.25, -0.2) is 0 Å². The van der Waals surface area contributed by atoms with E-state index in [0.717, 1.165) is 29.4 Å². The normalized spacial score (nSPS) is 18.7. The highest BCUT2D eigenvalue weighted by Gasteiger charge is 2.44. The number of halogens is 1. The maximum atomic E-state index is 12.5. The number of nitrogens with zero attached hydrogens (tertiary/aromatic N) is 4. The van der Waals surface area contributed by atoms with Gasteiger partial charge in [-0.1, -0.05) is 39.3 Å². The van der Waals surface area contributed by atoms with Crippen LogP contribution in [0.1, 0.15) is 58.7 Å². The molecule has 3 aromatic rings. The number of nitrogens with one attached hydrogen (secondary N) is 1. The Morgan fingerprint density at radius 1 is 1.27 bits per heavy atom. The van der Waals surface area contributed by atoms with Crippen LogP contribution >= 0.6 is 11.6 Å². The quantitative estimate of drug-likeness (QED) is 0.632. The van der Waals surface area contributed by atoms with Crippen molar-refractivity contribution in [1.29, 1.82) is 0 Å². The van der Waals surface area contributed by atoms with Gasteiger partial charge in [0.2, 0.25) is 5.91 Å². The Hall–Kier alpha value is -2.67. The standard InChI is InChI=1S/C22H27ClN6O/c1-6-22(5)16-17(24)25-20(27-18(16)26-19(22)30)29-15-8-7-12(23)11-13(15)14(28-29)9-10-21(2,3)4/h7-8,11H,6,9-10H2,1-5H3,(H3,24,25,26,27,30). The number of rotatable bonds is 4.